The first-order valence-electron chi connectivity index (χ1n) is 9.00. The third-order valence-electron chi connectivity index (χ3n) is 4.57. The Morgan fingerprint density at radius 1 is 1.25 bits per heavy atom. The average Bonchev–Trinajstić information content (AvgIpc) is 3.11. The molecule has 3 aromatic rings. The lowest BCUT2D eigenvalue weighted by atomic mass is 10.0. The Bertz CT molecular complexity index is 961. The predicted molar refractivity (Wildman–Crippen MR) is 104 cm³/mol. The van der Waals surface area contributed by atoms with Gasteiger partial charge in [0.25, 0.3) is 0 Å². The number of tetrazole rings is 1. The van der Waals surface area contributed by atoms with Crippen LogP contribution in [-0.2, 0) is 17.8 Å². The maximum atomic E-state index is 13.6. The Morgan fingerprint density at radius 2 is 2.04 bits per heavy atom. The zero-order valence-electron chi connectivity index (χ0n) is 15.7. The maximum Gasteiger partial charge on any atom is 0.248 e. The van der Waals surface area contributed by atoms with Crippen molar-refractivity contribution in [2.45, 2.75) is 32.9 Å². The second kappa shape index (κ2) is 8.93. The van der Waals surface area contributed by atoms with Crippen molar-refractivity contribution >= 4 is 17.5 Å². The van der Waals surface area contributed by atoms with Gasteiger partial charge in [-0.05, 0) is 53.6 Å². The minimum Gasteiger partial charge on any atom is -0.337 e. The van der Waals surface area contributed by atoms with E-state index in [0.29, 0.717) is 29.5 Å². The normalized spacial score (nSPS) is 12.0. The molecule has 0 aliphatic heterocycles. The van der Waals surface area contributed by atoms with Crippen molar-refractivity contribution < 1.29 is 9.18 Å². The molecule has 1 atom stereocenters. The molecule has 0 aliphatic rings. The summed E-state index contributed by atoms with van der Waals surface area (Å²) in [5.74, 6) is 0.0196. The number of likely N-dealkylation sites (N-methyl/N-ethyl adjacent to an activating group) is 1. The van der Waals surface area contributed by atoms with E-state index < -0.39 is 6.04 Å². The Morgan fingerprint density at radius 3 is 2.68 bits per heavy atom. The number of hydrogen-bond acceptors (Lipinski definition) is 4. The van der Waals surface area contributed by atoms with Crippen LogP contribution in [0.2, 0.25) is 5.02 Å². The van der Waals surface area contributed by atoms with Crippen LogP contribution in [0.1, 0.15) is 29.9 Å². The highest BCUT2D eigenvalue weighted by Crippen LogP contribution is 2.22. The number of hydrogen-bond donors (Lipinski definition) is 0. The molecule has 3 rings (SSSR count). The van der Waals surface area contributed by atoms with E-state index in [1.807, 2.05) is 25.1 Å². The van der Waals surface area contributed by atoms with Crippen molar-refractivity contribution in [1.29, 1.82) is 0 Å². The van der Waals surface area contributed by atoms with E-state index >= 15 is 0 Å². The van der Waals surface area contributed by atoms with Crippen LogP contribution in [0.25, 0.3) is 0 Å². The fraction of sp³-hybridized carbons (Fsp3) is 0.300. The van der Waals surface area contributed by atoms with Crippen LogP contribution >= 0.6 is 11.6 Å². The van der Waals surface area contributed by atoms with Crippen LogP contribution in [0, 0.1) is 12.7 Å². The molecule has 1 heterocycles. The monoisotopic (exact) mass is 401 g/mol. The molecule has 0 N–H and O–H groups in total. The number of rotatable bonds is 7. The van der Waals surface area contributed by atoms with Gasteiger partial charge in [0.2, 0.25) is 5.91 Å². The first kappa shape index (κ1) is 19.9. The molecule has 0 saturated carbocycles. The smallest absolute Gasteiger partial charge is 0.248 e. The van der Waals surface area contributed by atoms with Gasteiger partial charge in [-0.3, -0.25) is 4.79 Å². The lowest BCUT2D eigenvalue weighted by Crippen LogP contribution is -2.38. The standard InChI is InChI=1S/C20H21ClFN5O/c1-3-26(13-16-8-4-5-10-18(16)21)20(28)19(27-14(2)23-24-25-27)12-15-7-6-9-17(22)11-15/h4-11,19H,3,12-13H2,1-2H3. The second-order valence-electron chi connectivity index (χ2n) is 6.46. The molecule has 28 heavy (non-hydrogen) atoms. The summed E-state index contributed by atoms with van der Waals surface area (Å²) in [4.78, 5) is 15.1. The molecule has 6 nitrogen and oxygen atoms in total. The van der Waals surface area contributed by atoms with E-state index in [9.17, 15) is 9.18 Å². The summed E-state index contributed by atoms with van der Waals surface area (Å²) in [7, 11) is 0. The van der Waals surface area contributed by atoms with Gasteiger partial charge in [-0.2, -0.15) is 0 Å². The number of amides is 1. The van der Waals surface area contributed by atoms with Gasteiger partial charge in [0.05, 0.1) is 0 Å². The summed E-state index contributed by atoms with van der Waals surface area (Å²) in [5, 5.41) is 12.2. The minimum atomic E-state index is -0.681. The predicted octanol–water partition coefficient (Wildman–Crippen LogP) is 3.61. The van der Waals surface area contributed by atoms with Crippen molar-refractivity contribution in [3.8, 4) is 0 Å². The molecule has 0 saturated heterocycles. The van der Waals surface area contributed by atoms with Crippen LogP contribution in [-0.4, -0.2) is 37.6 Å². The third-order valence-corrected chi connectivity index (χ3v) is 4.94. The first-order chi connectivity index (χ1) is 13.5. The molecule has 146 valence electrons. The summed E-state index contributed by atoms with van der Waals surface area (Å²) in [6.45, 7) is 4.50. The molecule has 1 amide bonds. The van der Waals surface area contributed by atoms with Crippen LogP contribution in [0.15, 0.2) is 48.5 Å². The average molecular weight is 402 g/mol. The fourth-order valence-corrected chi connectivity index (χ4v) is 3.28. The van der Waals surface area contributed by atoms with E-state index in [0.717, 1.165) is 5.56 Å². The lowest BCUT2D eigenvalue weighted by molar-refractivity contribution is -0.135. The van der Waals surface area contributed by atoms with Crippen LogP contribution in [0.4, 0.5) is 4.39 Å². The Hall–Kier alpha value is -2.80. The number of aryl methyl sites for hydroxylation is 1. The highest BCUT2D eigenvalue weighted by Gasteiger charge is 2.28. The molecule has 8 heteroatoms. The van der Waals surface area contributed by atoms with Crippen molar-refractivity contribution in [3.05, 3.63) is 76.3 Å². The quantitative estimate of drug-likeness (QED) is 0.606. The Balaban J connectivity index is 1.90. The molecule has 0 spiro atoms. The minimum absolute atomic E-state index is 0.151. The highest BCUT2D eigenvalue weighted by atomic mass is 35.5. The number of carbonyl (C=O) groups is 1. The molecule has 0 bridgehead atoms. The molecule has 0 radical (unpaired) electrons. The number of carbonyl (C=O) groups excluding carboxylic acids is 1. The lowest BCUT2D eigenvalue weighted by Gasteiger charge is -2.27. The Labute approximate surface area is 167 Å². The largest absolute Gasteiger partial charge is 0.337 e. The van der Waals surface area contributed by atoms with E-state index in [-0.39, 0.29) is 18.1 Å². The third kappa shape index (κ3) is 4.54. The maximum absolute atomic E-state index is 13.6. The number of aromatic nitrogens is 4. The van der Waals surface area contributed by atoms with Crippen molar-refractivity contribution in [2.75, 3.05) is 6.54 Å². The SMILES string of the molecule is CCN(Cc1ccccc1Cl)C(=O)C(Cc1cccc(F)c1)n1nnnc1C. The first-order valence-corrected chi connectivity index (χ1v) is 9.38. The van der Waals surface area contributed by atoms with Gasteiger partial charge in [-0.25, -0.2) is 9.07 Å². The molecule has 1 unspecified atom stereocenters. The van der Waals surface area contributed by atoms with Crippen molar-refractivity contribution in [1.82, 2.24) is 25.1 Å². The summed E-state index contributed by atoms with van der Waals surface area (Å²) in [6.07, 6.45) is 0.279. The molecule has 0 aliphatic carbocycles. The van der Waals surface area contributed by atoms with Gasteiger partial charge in [-0.1, -0.05) is 41.9 Å². The van der Waals surface area contributed by atoms with Gasteiger partial charge in [-0.15, -0.1) is 5.10 Å². The zero-order chi connectivity index (χ0) is 20.1. The van der Waals surface area contributed by atoms with Crippen LogP contribution in [0.3, 0.4) is 0 Å². The summed E-state index contributed by atoms with van der Waals surface area (Å²) in [6, 6.07) is 12.9. The number of halogens is 2. The molecule has 2 aromatic carbocycles. The van der Waals surface area contributed by atoms with E-state index in [2.05, 4.69) is 15.5 Å². The van der Waals surface area contributed by atoms with E-state index in [1.165, 1.54) is 16.8 Å². The zero-order valence-corrected chi connectivity index (χ0v) is 16.5. The number of nitrogens with zero attached hydrogens (tertiary/aromatic N) is 5. The van der Waals surface area contributed by atoms with Crippen molar-refractivity contribution in [2.24, 2.45) is 0 Å². The van der Waals surface area contributed by atoms with Crippen molar-refractivity contribution in [3.63, 3.8) is 0 Å². The molecule has 1 aromatic heterocycles. The molecular weight excluding hydrogens is 381 g/mol. The summed E-state index contributed by atoms with van der Waals surface area (Å²) in [5.41, 5.74) is 1.55. The Kier molecular flexibility index (Phi) is 6.36. The fourth-order valence-electron chi connectivity index (χ4n) is 3.08. The van der Waals surface area contributed by atoms with E-state index in [4.69, 9.17) is 11.6 Å². The number of benzene rings is 2. The van der Waals surface area contributed by atoms with Gasteiger partial charge in [0, 0.05) is 24.5 Å². The summed E-state index contributed by atoms with van der Waals surface area (Å²) < 4.78 is 15.1. The van der Waals surface area contributed by atoms with Gasteiger partial charge >= 0.3 is 0 Å². The van der Waals surface area contributed by atoms with Gasteiger partial charge in [0.15, 0.2) is 0 Å². The highest BCUT2D eigenvalue weighted by molar-refractivity contribution is 6.31. The molecule has 0 fully saturated rings. The van der Waals surface area contributed by atoms with Crippen LogP contribution in [0.5, 0.6) is 0 Å². The van der Waals surface area contributed by atoms with Crippen LogP contribution < -0.4 is 0 Å². The van der Waals surface area contributed by atoms with Gasteiger partial charge in [0.1, 0.15) is 17.7 Å². The molecular formula is C20H21ClFN5O. The summed E-state index contributed by atoms with van der Waals surface area (Å²) >= 11 is 6.26. The van der Waals surface area contributed by atoms with Gasteiger partial charge < -0.3 is 4.90 Å². The second-order valence-corrected chi connectivity index (χ2v) is 6.87. The van der Waals surface area contributed by atoms with E-state index in [1.54, 1.807) is 30.0 Å². The topological polar surface area (TPSA) is 63.9 Å².